The zero-order chi connectivity index (χ0) is 23.5. The van der Waals surface area contributed by atoms with E-state index in [1.54, 1.807) is 6.92 Å². The molecule has 7 nitrogen and oxygen atoms in total. The minimum Gasteiger partial charge on any atom is -0.438 e. The molecule has 0 aliphatic carbocycles. The van der Waals surface area contributed by atoms with E-state index in [9.17, 15) is 26.7 Å². The first-order chi connectivity index (χ1) is 15.1. The Hall–Kier alpha value is -3.54. The lowest BCUT2D eigenvalue weighted by Gasteiger charge is -2.13. The molecular formula is C20H17F5N4O3. The summed E-state index contributed by atoms with van der Waals surface area (Å²) in [6, 6.07) is 5.79. The molecule has 0 unspecified atom stereocenters. The number of nitrogens with zero attached hydrogens (tertiary/aromatic N) is 3. The van der Waals surface area contributed by atoms with Crippen molar-refractivity contribution in [3.8, 4) is 22.9 Å². The van der Waals surface area contributed by atoms with Gasteiger partial charge in [0.15, 0.2) is 0 Å². The predicted octanol–water partition coefficient (Wildman–Crippen LogP) is 4.26. The maximum Gasteiger partial charge on any atom is 0.416 e. The van der Waals surface area contributed by atoms with Crippen molar-refractivity contribution in [3.05, 3.63) is 59.9 Å². The number of amides is 1. The first kappa shape index (κ1) is 23.1. The number of carbonyl (C=O) groups excluding carboxylic acids is 1. The molecule has 0 saturated carbocycles. The molecule has 0 fully saturated rings. The number of hydrogen-bond acceptors (Lipinski definition) is 5. The van der Waals surface area contributed by atoms with Crippen LogP contribution in [0, 0.1) is 0 Å². The molecule has 0 aliphatic rings. The Balaban J connectivity index is 1.97. The molecule has 170 valence electrons. The molecule has 2 heterocycles. The molecule has 3 aromatic rings. The average molecular weight is 456 g/mol. The van der Waals surface area contributed by atoms with Crippen LogP contribution >= 0.6 is 0 Å². The van der Waals surface area contributed by atoms with Crippen molar-refractivity contribution >= 4 is 5.91 Å². The third-order valence-electron chi connectivity index (χ3n) is 4.25. The fourth-order valence-corrected chi connectivity index (χ4v) is 2.61. The Morgan fingerprint density at radius 2 is 1.91 bits per heavy atom. The van der Waals surface area contributed by atoms with E-state index in [2.05, 4.69) is 15.4 Å². The van der Waals surface area contributed by atoms with Crippen LogP contribution in [0.5, 0.6) is 11.6 Å². The molecule has 1 aromatic carbocycles. The van der Waals surface area contributed by atoms with Gasteiger partial charge < -0.3 is 15.2 Å². The van der Waals surface area contributed by atoms with Crippen molar-refractivity contribution in [2.24, 2.45) is 0 Å². The Bertz CT molecular complexity index is 1080. The Morgan fingerprint density at radius 3 is 2.47 bits per heavy atom. The van der Waals surface area contributed by atoms with Crippen LogP contribution in [0.1, 0.15) is 29.4 Å². The summed E-state index contributed by atoms with van der Waals surface area (Å²) in [4.78, 5) is 16.4. The van der Waals surface area contributed by atoms with E-state index in [1.165, 1.54) is 12.1 Å². The van der Waals surface area contributed by atoms with Crippen LogP contribution in [0.2, 0.25) is 0 Å². The number of aromatic nitrogens is 3. The summed E-state index contributed by atoms with van der Waals surface area (Å²) in [5, 5.41) is 15.3. The minimum atomic E-state index is -4.52. The van der Waals surface area contributed by atoms with Gasteiger partial charge >= 0.3 is 12.7 Å². The molecule has 0 aliphatic heterocycles. The summed E-state index contributed by atoms with van der Waals surface area (Å²) in [6.07, 6.45) is -2.36. The van der Waals surface area contributed by atoms with Crippen molar-refractivity contribution < 1.29 is 36.6 Å². The van der Waals surface area contributed by atoms with Crippen LogP contribution in [-0.4, -0.2) is 38.4 Å². The lowest BCUT2D eigenvalue weighted by molar-refractivity contribution is -0.137. The van der Waals surface area contributed by atoms with Crippen LogP contribution in [0.3, 0.4) is 0 Å². The second-order valence-electron chi connectivity index (χ2n) is 6.72. The van der Waals surface area contributed by atoms with Crippen molar-refractivity contribution in [3.63, 3.8) is 0 Å². The zero-order valence-corrected chi connectivity index (χ0v) is 16.5. The third-order valence-corrected chi connectivity index (χ3v) is 4.25. The van der Waals surface area contributed by atoms with Crippen molar-refractivity contribution in [1.29, 1.82) is 0 Å². The summed E-state index contributed by atoms with van der Waals surface area (Å²) in [7, 11) is 0. The van der Waals surface area contributed by atoms with Crippen molar-refractivity contribution in [2.45, 2.75) is 25.7 Å². The van der Waals surface area contributed by atoms with E-state index < -0.39 is 30.2 Å². The highest BCUT2D eigenvalue weighted by Gasteiger charge is 2.30. The minimum absolute atomic E-state index is 0.00423. The van der Waals surface area contributed by atoms with Gasteiger partial charge in [-0.15, -0.1) is 0 Å². The third kappa shape index (κ3) is 5.38. The number of pyridine rings is 1. The van der Waals surface area contributed by atoms with Crippen LogP contribution in [-0.2, 0) is 6.18 Å². The number of rotatable bonds is 7. The number of ether oxygens (including phenoxy) is 1. The summed E-state index contributed by atoms with van der Waals surface area (Å²) in [5.74, 6) is -0.739. The molecule has 0 bridgehead atoms. The SMILES string of the molecule is C[C@H](CO)NC(=O)c1cnc(Oc2ccc(C(F)(F)F)cc2)c(-c2ccn(C(F)F)n2)c1. The number of hydrogen-bond donors (Lipinski definition) is 2. The standard InChI is InChI=1S/C20H17F5N4O3/c1-11(10-30)27-17(31)12-8-15(16-6-7-29(28-16)19(21)22)18(26-9-12)32-14-4-2-13(3-5-14)20(23,24)25/h2-9,11,19,30H,10H2,1H3,(H,27,31)/t11-/m1/s1. The Labute approximate surface area is 178 Å². The van der Waals surface area contributed by atoms with Gasteiger partial charge in [0.25, 0.3) is 5.91 Å². The first-order valence-electron chi connectivity index (χ1n) is 9.19. The molecule has 0 radical (unpaired) electrons. The van der Waals surface area contributed by atoms with Gasteiger partial charge in [-0.2, -0.15) is 27.1 Å². The summed E-state index contributed by atoms with van der Waals surface area (Å²) in [6.45, 7) is -1.65. The van der Waals surface area contributed by atoms with E-state index in [4.69, 9.17) is 9.84 Å². The topological polar surface area (TPSA) is 89.3 Å². The molecule has 0 saturated heterocycles. The molecule has 1 atom stereocenters. The lowest BCUT2D eigenvalue weighted by atomic mass is 10.1. The molecule has 2 aromatic heterocycles. The maximum absolute atomic E-state index is 12.9. The number of aliphatic hydroxyl groups is 1. The van der Waals surface area contributed by atoms with Crippen molar-refractivity contribution in [2.75, 3.05) is 6.61 Å². The molecule has 2 N–H and O–H groups in total. The number of nitrogens with one attached hydrogen (secondary N) is 1. The zero-order valence-electron chi connectivity index (χ0n) is 16.5. The lowest BCUT2D eigenvalue weighted by Crippen LogP contribution is -2.35. The first-order valence-corrected chi connectivity index (χ1v) is 9.19. The highest BCUT2D eigenvalue weighted by molar-refractivity contribution is 5.95. The molecule has 1 amide bonds. The molecule has 0 spiro atoms. The average Bonchev–Trinajstić information content (AvgIpc) is 3.24. The number of carbonyl (C=O) groups is 1. The summed E-state index contributed by atoms with van der Waals surface area (Å²) >= 11 is 0. The van der Waals surface area contributed by atoms with Crippen LogP contribution in [0.4, 0.5) is 22.0 Å². The van der Waals surface area contributed by atoms with Gasteiger partial charge in [0, 0.05) is 18.4 Å². The van der Waals surface area contributed by atoms with E-state index >= 15 is 0 Å². The van der Waals surface area contributed by atoms with Crippen LogP contribution in [0.25, 0.3) is 11.3 Å². The second kappa shape index (κ2) is 9.30. The van der Waals surface area contributed by atoms with Gasteiger partial charge in [-0.25, -0.2) is 9.67 Å². The van der Waals surface area contributed by atoms with E-state index in [0.29, 0.717) is 4.68 Å². The highest BCUT2D eigenvalue weighted by Crippen LogP contribution is 2.34. The van der Waals surface area contributed by atoms with E-state index in [0.717, 1.165) is 36.7 Å². The number of halogens is 5. The molecular weight excluding hydrogens is 439 g/mol. The Kier molecular flexibility index (Phi) is 6.72. The fraction of sp³-hybridized carbons (Fsp3) is 0.250. The predicted molar refractivity (Wildman–Crippen MR) is 102 cm³/mol. The highest BCUT2D eigenvalue weighted by atomic mass is 19.4. The Morgan fingerprint density at radius 1 is 1.22 bits per heavy atom. The molecule has 32 heavy (non-hydrogen) atoms. The number of benzene rings is 1. The van der Waals surface area contributed by atoms with Crippen molar-refractivity contribution in [1.82, 2.24) is 20.1 Å². The number of aliphatic hydroxyl groups excluding tert-OH is 1. The molecule has 12 heteroatoms. The quantitative estimate of drug-likeness (QED) is 0.519. The maximum atomic E-state index is 12.9. The monoisotopic (exact) mass is 456 g/mol. The van der Waals surface area contributed by atoms with Gasteiger partial charge in [0.2, 0.25) is 5.88 Å². The largest absolute Gasteiger partial charge is 0.438 e. The normalized spacial score (nSPS) is 12.6. The number of alkyl halides is 5. The summed E-state index contributed by atoms with van der Waals surface area (Å²) < 4.78 is 70.1. The summed E-state index contributed by atoms with van der Waals surface area (Å²) in [5.41, 5.74) is -0.774. The van der Waals surface area contributed by atoms with Gasteiger partial charge in [-0.3, -0.25) is 4.79 Å². The smallest absolute Gasteiger partial charge is 0.416 e. The van der Waals surface area contributed by atoms with E-state index in [1.807, 2.05) is 0 Å². The second-order valence-corrected chi connectivity index (χ2v) is 6.72. The van der Waals surface area contributed by atoms with Gasteiger partial charge in [-0.05, 0) is 43.3 Å². The van der Waals surface area contributed by atoms with Gasteiger partial charge in [-0.1, -0.05) is 0 Å². The van der Waals surface area contributed by atoms with Gasteiger partial charge in [0.1, 0.15) is 5.75 Å². The molecule has 3 rings (SSSR count). The van der Waals surface area contributed by atoms with Crippen LogP contribution < -0.4 is 10.1 Å². The fourth-order valence-electron chi connectivity index (χ4n) is 2.61. The van der Waals surface area contributed by atoms with Gasteiger partial charge in [0.05, 0.1) is 29.0 Å². The van der Waals surface area contributed by atoms with E-state index in [-0.39, 0.29) is 35.1 Å². The van der Waals surface area contributed by atoms with Crippen LogP contribution in [0.15, 0.2) is 48.8 Å².